The molecule has 4 aromatic carbocycles. The molecule has 4 rings (SSSR count). The maximum Gasteiger partial charge on any atom is 0.326 e. The predicted octanol–water partition coefficient (Wildman–Crippen LogP) is 3.75. The van der Waals surface area contributed by atoms with Crippen LogP contribution in [-0.2, 0) is 30.5 Å². The Morgan fingerprint density at radius 1 is 0.613 bits per heavy atom. The summed E-state index contributed by atoms with van der Waals surface area (Å²) >= 11 is 0. The molecular formula is C47H63N8O6P. The van der Waals surface area contributed by atoms with E-state index in [1.54, 1.807) is 24.3 Å². The molecule has 0 heterocycles. The van der Waals surface area contributed by atoms with Gasteiger partial charge in [0.15, 0.2) is 5.96 Å². The number of nitrogens with one attached hydrogen (secondary N) is 6. The maximum atomic E-state index is 13.3. The molecule has 0 aliphatic heterocycles. The first-order valence-corrected chi connectivity index (χ1v) is 23.6. The Kier molecular flexibility index (Phi) is 20.6. The Hall–Kier alpha value is -6.11. The summed E-state index contributed by atoms with van der Waals surface area (Å²) in [5.41, 5.74) is 12.4. The Morgan fingerprint density at radius 3 is 1.74 bits per heavy atom. The Labute approximate surface area is 365 Å². The molecule has 332 valence electrons. The summed E-state index contributed by atoms with van der Waals surface area (Å²) < 4.78 is 0. The third-order valence-electron chi connectivity index (χ3n) is 10.7. The first kappa shape index (κ1) is 48.6. The molecule has 11 N–H and O–H groups in total. The van der Waals surface area contributed by atoms with Crippen molar-refractivity contribution in [3.63, 3.8) is 0 Å². The van der Waals surface area contributed by atoms with E-state index in [-0.39, 0.29) is 50.0 Å². The van der Waals surface area contributed by atoms with E-state index in [1.807, 2.05) is 18.2 Å². The Bertz CT molecular complexity index is 1940. The summed E-state index contributed by atoms with van der Waals surface area (Å²) in [5, 5.41) is 34.7. The molecule has 0 fully saturated rings. The minimum absolute atomic E-state index is 0.129. The van der Waals surface area contributed by atoms with Gasteiger partial charge < -0.3 is 26.8 Å². The van der Waals surface area contributed by atoms with Crippen LogP contribution in [-0.4, -0.2) is 72.0 Å². The van der Waals surface area contributed by atoms with Gasteiger partial charge in [-0.25, -0.2) is 4.79 Å². The molecule has 0 aliphatic rings. The van der Waals surface area contributed by atoms with Crippen molar-refractivity contribution in [2.75, 3.05) is 24.6 Å². The van der Waals surface area contributed by atoms with Gasteiger partial charge in [0.1, 0.15) is 6.04 Å². The Morgan fingerprint density at radius 2 is 1.16 bits per heavy atom. The van der Waals surface area contributed by atoms with Gasteiger partial charge in [-0.1, -0.05) is 12.1 Å². The number of amides is 4. The average molecular weight is 867 g/mol. The van der Waals surface area contributed by atoms with Crippen LogP contribution in [0.15, 0.2) is 115 Å². The van der Waals surface area contributed by atoms with Crippen molar-refractivity contribution in [1.82, 2.24) is 21.3 Å². The zero-order valence-electron chi connectivity index (χ0n) is 35.4. The first-order chi connectivity index (χ1) is 30.0. The van der Waals surface area contributed by atoms with E-state index >= 15 is 0 Å². The molecule has 15 heteroatoms. The number of rotatable bonds is 27. The van der Waals surface area contributed by atoms with E-state index in [4.69, 9.17) is 16.9 Å². The number of hydrogen-bond acceptors (Lipinski definition) is 7. The number of anilines is 1. The number of carboxylic acid groups (broad SMARTS) is 1. The zero-order chi connectivity index (χ0) is 44.6. The van der Waals surface area contributed by atoms with Crippen LogP contribution in [0, 0.1) is 5.41 Å². The molecular weight excluding hydrogens is 804 g/mol. The maximum absolute atomic E-state index is 13.3. The zero-order valence-corrected chi connectivity index (χ0v) is 36.4. The van der Waals surface area contributed by atoms with Gasteiger partial charge in [-0.2, -0.15) is 0 Å². The molecule has 0 bridgehead atoms. The average Bonchev–Trinajstić information content (AvgIpc) is 3.28. The van der Waals surface area contributed by atoms with Crippen molar-refractivity contribution in [2.45, 2.75) is 89.3 Å². The van der Waals surface area contributed by atoms with Crippen molar-refractivity contribution >= 4 is 64.4 Å². The molecule has 0 saturated carbocycles. The smallest absolute Gasteiger partial charge is 0.326 e. The van der Waals surface area contributed by atoms with E-state index in [9.17, 15) is 29.1 Å². The second-order valence-corrected chi connectivity index (χ2v) is 19.4. The SMILES string of the molecule is N=C(N)NCc1cccc(NC(=O)CCC(=O)NC(CCCCNC(=O)C(CCCCN)NC(=O)CCCC[PH](c2ccccc2)(c2ccccc2)c2ccccc2)C(=O)O)c1. The molecule has 2 unspecified atom stereocenters. The normalized spacial score (nSPS) is 12.3. The fraction of sp³-hybridized carbons (Fsp3) is 0.362. The molecule has 4 aromatic rings. The van der Waals surface area contributed by atoms with Gasteiger partial charge in [-0.05, 0) is 24.1 Å². The number of carboxylic acids is 1. The molecule has 14 nitrogen and oxygen atoms in total. The molecule has 0 spiro atoms. The largest absolute Gasteiger partial charge is 0.480 e. The summed E-state index contributed by atoms with van der Waals surface area (Å²) in [6.45, 7) is 1.05. The van der Waals surface area contributed by atoms with Crippen LogP contribution >= 0.6 is 7.26 Å². The minimum atomic E-state index is -2.42. The number of aliphatic carboxylic acids is 1. The van der Waals surface area contributed by atoms with E-state index in [1.165, 1.54) is 15.9 Å². The summed E-state index contributed by atoms with van der Waals surface area (Å²) in [6.07, 6.45) is 5.14. The number of carbonyl (C=O) groups excluding carboxylic acids is 4. The van der Waals surface area contributed by atoms with Gasteiger partial charge in [0.2, 0.25) is 11.8 Å². The van der Waals surface area contributed by atoms with Gasteiger partial charge in [0, 0.05) is 25.1 Å². The number of carbonyl (C=O) groups is 5. The molecule has 4 amide bonds. The van der Waals surface area contributed by atoms with Crippen molar-refractivity contribution in [3.8, 4) is 0 Å². The van der Waals surface area contributed by atoms with E-state index in [0.717, 1.165) is 18.1 Å². The fourth-order valence-electron chi connectivity index (χ4n) is 7.54. The van der Waals surface area contributed by atoms with Crippen LogP contribution in [0.3, 0.4) is 0 Å². The van der Waals surface area contributed by atoms with Crippen molar-refractivity contribution < 1.29 is 29.1 Å². The van der Waals surface area contributed by atoms with Crippen molar-refractivity contribution in [2.24, 2.45) is 11.5 Å². The number of hydrogen-bond donors (Lipinski definition) is 9. The van der Waals surface area contributed by atoms with Crippen LogP contribution in [0.5, 0.6) is 0 Å². The van der Waals surface area contributed by atoms with Crippen molar-refractivity contribution in [3.05, 3.63) is 121 Å². The van der Waals surface area contributed by atoms with E-state index < -0.39 is 37.1 Å². The number of benzene rings is 4. The molecule has 2 atom stereocenters. The third-order valence-corrected chi connectivity index (χ3v) is 15.8. The standard InChI is InChI=1S/C47H63N8O6P/c48-30-13-10-25-40(54-42(56)27-12-15-32-62(37-19-4-1-5-20-37,38-21-6-2-7-22-38)39-23-8-3-9-24-39)45(59)51-31-14-11-26-41(46(60)61)55-44(58)29-28-43(57)53-36-18-16-17-35(33-36)34-52-47(49)50/h1-9,16-24,33,40-41,62H,10-15,25-32,34,48H2,(H,51,59)(H,53,57)(H,54,56)(H,55,58)(H,60,61)(H4,49,50,52). The third kappa shape index (κ3) is 16.1. The molecule has 0 radical (unpaired) electrons. The Balaban J connectivity index is 1.22. The second-order valence-electron chi connectivity index (χ2n) is 15.4. The summed E-state index contributed by atoms with van der Waals surface area (Å²) in [6, 6.07) is 37.1. The van der Waals surface area contributed by atoms with Gasteiger partial charge in [-0.3, -0.25) is 15.0 Å². The number of nitrogens with two attached hydrogens (primary N) is 2. The molecule has 0 aliphatic carbocycles. The van der Waals surface area contributed by atoms with Gasteiger partial charge in [0.05, 0.1) is 0 Å². The molecule has 0 saturated heterocycles. The molecule has 62 heavy (non-hydrogen) atoms. The van der Waals surface area contributed by atoms with Gasteiger partial charge in [0.25, 0.3) is 0 Å². The fourth-order valence-corrected chi connectivity index (χ4v) is 12.5. The monoisotopic (exact) mass is 866 g/mol. The summed E-state index contributed by atoms with van der Waals surface area (Å²) in [5.74, 6) is -2.84. The topological polar surface area (TPSA) is 242 Å². The summed E-state index contributed by atoms with van der Waals surface area (Å²) in [7, 11) is -2.42. The van der Waals surface area contributed by atoms with E-state index in [2.05, 4.69) is 99.4 Å². The van der Waals surface area contributed by atoms with Gasteiger partial charge in [-0.15, -0.1) is 0 Å². The van der Waals surface area contributed by atoms with Crippen LogP contribution < -0.4 is 54.0 Å². The van der Waals surface area contributed by atoms with Crippen LogP contribution in [0.2, 0.25) is 0 Å². The van der Waals surface area contributed by atoms with Crippen LogP contribution in [0.1, 0.15) is 76.2 Å². The van der Waals surface area contributed by atoms with E-state index in [0.29, 0.717) is 57.3 Å². The van der Waals surface area contributed by atoms with Crippen LogP contribution in [0.4, 0.5) is 5.69 Å². The summed E-state index contributed by atoms with van der Waals surface area (Å²) in [4.78, 5) is 63.6. The quantitative estimate of drug-likeness (QED) is 0.0183. The second kappa shape index (κ2) is 26.3. The van der Waals surface area contributed by atoms with Gasteiger partial charge >= 0.3 is 235 Å². The minimum Gasteiger partial charge on any atom is -0.480 e. The van der Waals surface area contributed by atoms with Crippen LogP contribution in [0.25, 0.3) is 0 Å². The molecule has 0 aromatic heterocycles. The number of guanidine groups is 1. The van der Waals surface area contributed by atoms with Crippen molar-refractivity contribution in [1.29, 1.82) is 5.41 Å². The number of unbranched alkanes of at least 4 members (excludes halogenated alkanes) is 3. The first-order valence-electron chi connectivity index (χ1n) is 21.4. The predicted molar refractivity (Wildman–Crippen MR) is 250 cm³/mol.